The van der Waals surface area contributed by atoms with Gasteiger partial charge in [0.15, 0.2) is 6.29 Å². The van der Waals surface area contributed by atoms with Crippen LogP contribution in [0.1, 0.15) is 20.3 Å². The third kappa shape index (κ3) is 3.20. The zero-order chi connectivity index (χ0) is 10.6. The van der Waals surface area contributed by atoms with Crippen molar-refractivity contribution in [3.8, 4) is 0 Å². The van der Waals surface area contributed by atoms with E-state index in [-0.39, 0.29) is 18.4 Å². The molecular weight excluding hydrogens is 182 g/mol. The Morgan fingerprint density at radius 1 is 1.29 bits per heavy atom. The first-order chi connectivity index (χ1) is 6.67. The van der Waals surface area contributed by atoms with E-state index in [0.29, 0.717) is 12.6 Å². The summed E-state index contributed by atoms with van der Waals surface area (Å²) in [6, 6.07) is 0.715. The molecule has 0 aromatic rings. The van der Waals surface area contributed by atoms with Crippen LogP contribution in [0, 0.1) is 0 Å². The van der Waals surface area contributed by atoms with E-state index in [9.17, 15) is 0 Å². The van der Waals surface area contributed by atoms with Gasteiger partial charge in [0, 0.05) is 26.7 Å². The Bertz CT molecular complexity index is 163. The molecule has 0 aromatic carbocycles. The van der Waals surface area contributed by atoms with E-state index in [0.717, 1.165) is 6.42 Å². The topological polar surface area (TPSA) is 39.7 Å². The van der Waals surface area contributed by atoms with Gasteiger partial charge in [0.2, 0.25) is 0 Å². The van der Waals surface area contributed by atoms with E-state index in [2.05, 4.69) is 19.2 Å². The fraction of sp³-hybridized carbons (Fsp3) is 1.00. The summed E-state index contributed by atoms with van der Waals surface area (Å²) >= 11 is 0. The highest BCUT2D eigenvalue weighted by atomic mass is 16.7. The molecule has 14 heavy (non-hydrogen) atoms. The maximum atomic E-state index is 5.51. The predicted octanol–water partition coefficient (Wildman–Crippen LogP) is 0.761. The quantitative estimate of drug-likeness (QED) is 0.732. The first kappa shape index (κ1) is 11.9. The summed E-state index contributed by atoms with van der Waals surface area (Å²) in [5.41, 5.74) is 0. The van der Waals surface area contributed by atoms with Crippen molar-refractivity contribution in [3.05, 3.63) is 0 Å². The van der Waals surface area contributed by atoms with Crippen molar-refractivity contribution in [3.63, 3.8) is 0 Å². The Kier molecular flexibility index (Phi) is 4.81. The molecule has 0 bridgehead atoms. The van der Waals surface area contributed by atoms with Crippen molar-refractivity contribution in [1.82, 2.24) is 5.32 Å². The van der Waals surface area contributed by atoms with Crippen LogP contribution in [-0.4, -0.2) is 45.3 Å². The molecule has 0 aromatic heterocycles. The summed E-state index contributed by atoms with van der Waals surface area (Å²) < 4.78 is 16.1. The summed E-state index contributed by atoms with van der Waals surface area (Å²) in [7, 11) is 3.39. The average Bonchev–Trinajstić information content (AvgIpc) is 2.17. The summed E-state index contributed by atoms with van der Waals surface area (Å²) in [5.74, 6) is 0. The largest absolute Gasteiger partial charge is 0.380 e. The molecule has 4 heteroatoms. The van der Waals surface area contributed by atoms with Gasteiger partial charge < -0.3 is 19.5 Å². The lowest BCUT2D eigenvalue weighted by Crippen LogP contribution is -2.52. The number of rotatable bonds is 4. The van der Waals surface area contributed by atoms with E-state index < -0.39 is 0 Å². The SMILES string of the molecule is CO[C@@H]1C[C@H](OC)[C@@H](NC(C)C)CO1. The van der Waals surface area contributed by atoms with Crippen LogP contribution in [-0.2, 0) is 14.2 Å². The van der Waals surface area contributed by atoms with Gasteiger partial charge in [-0.25, -0.2) is 0 Å². The van der Waals surface area contributed by atoms with E-state index in [1.807, 2.05) is 0 Å². The molecule has 1 aliphatic heterocycles. The molecule has 84 valence electrons. The van der Waals surface area contributed by atoms with Crippen molar-refractivity contribution in [2.75, 3.05) is 20.8 Å². The highest BCUT2D eigenvalue weighted by molar-refractivity contribution is 4.83. The third-order valence-corrected chi connectivity index (χ3v) is 2.45. The average molecular weight is 203 g/mol. The molecule has 0 radical (unpaired) electrons. The van der Waals surface area contributed by atoms with Crippen molar-refractivity contribution < 1.29 is 14.2 Å². The molecule has 1 rings (SSSR count). The summed E-state index contributed by atoms with van der Waals surface area (Å²) in [4.78, 5) is 0. The Balaban J connectivity index is 2.43. The van der Waals surface area contributed by atoms with Gasteiger partial charge in [0.25, 0.3) is 0 Å². The van der Waals surface area contributed by atoms with Gasteiger partial charge in [-0.05, 0) is 0 Å². The molecule has 0 aliphatic carbocycles. The lowest BCUT2D eigenvalue weighted by atomic mass is 10.0. The predicted molar refractivity (Wildman–Crippen MR) is 54.2 cm³/mol. The smallest absolute Gasteiger partial charge is 0.159 e. The summed E-state index contributed by atoms with van der Waals surface area (Å²) in [6.07, 6.45) is 0.846. The monoisotopic (exact) mass is 203 g/mol. The highest BCUT2D eigenvalue weighted by Gasteiger charge is 2.31. The number of ether oxygens (including phenoxy) is 3. The number of hydrogen-bond acceptors (Lipinski definition) is 4. The summed E-state index contributed by atoms with van der Waals surface area (Å²) in [6.45, 7) is 4.89. The van der Waals surface area contributed by atoms with Crippen molar-refractivity contribution in [1.29, 1.82) is 0 Å². The lowest BCUT2D eigenvalue weighted by Gasteiger charge is -2.36. The third-order valence-electron chi connectivity index (χ3n) is 2.45. The van der Waals surface area contributed by atoms with Crippen molar-refractivity contribution >= 4 is 0 Å². The Morgan fingerprint density at radius 2 is 2.00 bits per heavy atom. The summed E-state index contributed by atoms with van der Waals surface area (Å²) in [5, 5.41) is 3.42. The van der Waals surface area contributed by atoms with Crippen LogP contribution in [0.5, 0.6) is 0 Å². The fourth-order valence-electron chi connectivity index (χ4n) is 1.75. The zero-order valence-corrected chi connectivity index (χ0v) is 9.45. The maximum Gasteiger partial charge on any atom is 0.159 e. The fourth-order valence-corrected chi connectivity index (χ4v) is 1.75. The van der Waals surface area contributed by atoms with Gasteiger partial charge in [-0.1, -0.05) is 13.8 Å². The number of nitrogens with one attached hydrogen (secondary N) is 1. The minimum Gasteiger partial charge on any atom is -0.380 e. The highest BCUT2D eigenvalue weighted by Crippen LogP contribution is 2.17. The normalized spacial score (nSPS) is 33.6. The van der Waals surface area contributed by atoms with Crippen LogP contribution in [0.25, 0.3) is 0 Å². The van der Waals surface area contributed by atoms with E-state index in [4.69, 9.17) is 14.2 Å². The zero-order valence-electron chi connectivity index (χ0n) is 9.45. The molecule has 0 spiro atoms. The van der Waals surface area contributed by atoms with Crippen LogP contribution >= 0.6 is 0 Å². The van der Waals surface area contributed by atoms with Crippen LogP contribution in [0.2, 0.25) is 0 Å². The second-order valence-electron chi connectivity index (χ2n) is 3.94. The molecular formula is C10H21NO3. The second-order valence-corrected chi connectivity index (χ2v) is 3.94. The number of hydrogen-bond donors (Lipinski definition) is 1. The Labute approximate surface area is 85.9 Å². The van der Waals surface area contributed by atoms with E-state index in [1.165, 1.54) is 0 Å². The second kappa shape index (κ2) is 5.66. The van der Waals surface area contributed by atoms with Crippen molar-refractivity contribution in [2.24, 2.45) is 0 Å². The van der Waals surface area contributed by atoms with E-state index >= 15 is 0 Å². The van der Waals surface area contributed by atoms with Crippen LogP contribution in [0.15, 0.2) is 0 Å². The molecule has 1 fully saturated rings. The first-order valence-corrected chi connectivity index (χ1v) is 5.10. The first-order valence-electron chi connectivity index (χ1n) is 5.10. The molecule has 1 aliphatic rings. The molecule has 4 nitrogen and oxygen atoms in total. The van der Waals surface area contributed by atoms with Crippen LogP contribution in [0.3, 0.4) is 0 Å². The lowest BCUT2D eigenvalue weighted by molar-refractivity contribution is -0.186. The number of methoxy groups -OCH3 is 2. The molecule has 0 amide bonds. The molecule has 1 N–H and O–H groups in total. The van der Waals surface area contributed by atoms with Gasteiger partial charge in [0.05, 0.1) is 18.8 Å². The van der Waals surface area contributed by atoms with Gasteiger partial charge in [-0.2, -0.15) is 0 Å². The minimum atomic E-state index is -0.120. The van der Waals surface area contributed by atoms with Gasteiger partial charge in [-0.3, -0.25) is 0 Å². The Hall–Kier alpha value is -0.160. The molecule has 3 atom stereocenters. The van der Waals surface area contributed by atoms with Gasteiger partial charge in [-0.15, -0.1) is 0 Å². The minimum absolute atomic E-state index is 0.120. The molecule has 0 saturated carbocycles. The van der Waals surface area contributed by atoms with Gasteiger partial charge in [0.1, 0.15) is 0 Å². The van der Waals surface area contributed by atoms with Crippen molar-refractivity contribution in [2.45, 2.75) is 44.7 Å². The standard InChI is InChI=1S/C10H21NO3/c1-7(2)11-8-6-14-10(13-4)5-9(8)12-3/h7-11H,5-6H2,1-4H3/t8-,9-,10-/m0/s1. The van der Waals surface area contributed by atoms with E-state index in [1.54, 1.807) is 14.2 Å². The maximum absolute atomic E-state index is 5.51. The Morgan fingerprint density at radius 3 is 2.50 bits per heavy atom. The molecule has 1 heterocycles. The van der Waals surface area contributed by atoms with Crippen LogP contribution < -0.4 is 5.32 Å². The van der Waals surface area contributed by atoms with Crippen LogP contribution in [0.4, 0.5) is 0 Å². The van der Waals surface area contributed by atoms with Gasteiger partial charge >= 0.3 is 0 Å². The molecule has 1 saturated heterocycles. The molecule has 0 unspecified atom stereocenters.